The number of carbonyl (C=O) groups is 1. The van der Waals surface area contributed by atoms with Crippen LogP contribution in [0.5, 0.6) is 0 Å². The normalized spacial score (nSPS) is 17.8. The van der Waals surface area contributed by atoms with E-state index in [1.807, 2.05) is 23.4 Å². The molecule has 7 nitrogen and oxygen atoms in total. The smallest absolute Gasteiger partial charge is 0.222 e. The fraction of sp³-hybridized carbons (Fsp3) is 0.722. The summed E-state index contributed by atoms with van der Waals surface area (Å²) in [5, 5.41) is 11.2. The SMILES string of the molecule is CCNC(=NCCCn1nc(C)cc1C)NC1CCN(C(=O)CC)C1. The number of nitrogens with one attached hydrogen (secondary N) is 2. The zero-order chi connectivity index (χ0) is 18.2. The predicted molar refractivity (Wildman–Crippen MR) is 101 cm³/mol. The number of aryl methyl sites for hydroxylation is 3. The molecule has 1 aliphatic rings. The molecular formula is C18H32N6O. The number of guanidine groups is 1. The maximum absolute atomic E-state index is 11.8. The number of rotatable bonds is 7. The summed E-state index contributed by atoms with van der Waals surface area (Å²) < 4.78 is 2.04. The molecule has 2 rings (SSSR count). The number of carbonyl (C=O) groups excluding carboxylic acids is 1. The maximum atomic E-state index is 11.8. The first-order valence-electron chi connectivity index (χ1n) is 9.37. The average molecular weight is 348 g/mol. The van der Waals surface area contributed by atoms with Crippen LogP contribution in [0.3, 0.4) is 0 Å². The topological polar surface area (TPSA) is 74.6 Å². The van der Waals surface area contributed by atoms with E-state index >= 15 is 0 Å². The van der Waals surface area contributed by atoms with Gasteiger partial charge in [-0.05, 0) is 39.7 Å². The van der Waals surface area contributed by atoms with Gasteiger partial charge in [-0.1, -0.05) is 6.92 Å². The van der Waals surface area contributed by atoms with Crippen LogP contribution < -0.4 is 10.6 Å². The first-order chi connectivity index (χ1) is 12.0. The van der Waals surface area contributed by atoms with E-state index in [4.69, 9.17) is 0 Å². The van der Waals surface area contributed by atoms with Crippen molar-refractivity contribution in [1.82, 2.24) is 25.3 Å². The summed E-state index contributed by atoms with van der Waals surface area (Å²) in [4.78, 5) is 18.4. The fourth-order valence-electron chi connectivity index (χ4n) is 3.15. The van der Waals surface area contributed by atoms with Gasteiger partial charge in [-0.15, -0.1) is 0 Å². The number of likely N-dealkylation sites (tertiary alicyclic amines) is 1. The minimum absolute atomic E-state index is 0.233. The highest BCUT2D eigenvalue weighted by molar-refractivity contribution is 5.80. The monoisotopic (exact) mass is 348 g/mol. The van der Waals surface area contributed by atoms with Crippen LogP contribution in [-0.4, -0.2) is 58.8 Å². The summed E-state index contributed by atoms with van der Waals surface area (Å²) in [7, 11) is 0. The highest BCUT2D eigenvalue weighted by atomic mass is 16.2. The van der Waals surface area contributed by atoms with E-state index in [1.165, 1.54) is 5.69 Å². The molecule has 140 valence electrons. The standard InChI is InChI=1S/C18H32N6O/c1-5-17(25)23-11-8-16(13-23)21-18(19-6-2)20-9-7-10-24-15(4)12-14(3)22-24/h12,16H,5-11,13H2,1-4H3,(H2,19,20,21). The molecule has 0 saturated carbocycles. The van der Waals surface area contributed by atoms with Crippen molar-refractivity contribution in [1.29, 1.82) is 0 Å². The van der Waals surface area contributed by atoms with Gasteiger partial charge in [0.25, 0.3) is 0 Å². The largest absolute Gasteiger partial charge is 0.357 e. The fourth-order valence-corrected chi connectivity index (χ4v) is 3.15. The van der Waals surface area contributed by atoms with Crippen molar-refractivity contribution in [3.63, 3.8) is 0 Å². The highest BCUT2D eigenvalue weighted by Gasteiger charge is 2.25. The summed E-state index contributed by atoms with van der Waals surface area (Å²) in [5.41, 5.74) is 2.25. The molecule has 2 N–H and O–H groups in total. The molecule has 1 aromatic heterocycles. The number of nitrogens with zero attached hydrogens (tertiary/aromatic N) is 4. The molecule has 1 aromatic rings. The molecule has 25 heavy (non-hydrogen) atoms. The zero-order valence-corrected chi connectivity index (χ0v) is 16.0. The third-order valence-electron chi connectivity index (χ3n) is 4.43. The van der Waals surface area contributed by atoms with Gasteiger partial charge >= 0.3 is 0 Å². The Hall–Kier alpha value is -2.05. The average Bonchev–Trinajstić information content (AvgIpc) is 3.17. The van der Waals surface area contributed by atoms with Crippen molar-refractivity contribution in [3.05, 3.63) is 17.5 Å². The van der Waals surface area contributed by atoms with Gasteiger partial charge in [-0.3, -0.25) is 14.5 Å². The van der Waals surface area contributed by atoms with Crippen LogP contribution in [0.4, 0.5) is 0 Å². The Morgan fingerprint density at radius 3 is 2.84 bits per heavy atom. The van der Waals surface area contributed by atoms with Gasteiger partial charge in [0.2, 0.25) is 5.91 Å². The van der Waals surface area contributed by atoms with Crippen LogP contribution >= 0.6 is 0 Å². The van der Waals surface area contributed by atoms with Gasteiger partial charge in [-0.25, -0.2) is 0 Å². The lowest BCUT2D eigenvalue weighted by Crippen LogP contribution is -2.45. The Kier molecular flexibility index (Phi) is 7.28. The van der Waals surface area contributed by atoms with Crippen molar-refractivity contribution in [3.8, 4) is 0 Å². The predicted octanol–water partition coefficient (Wildman–Crippen LogP) is 1.46. The van der Waals surface area contributed by atoms with Crippen molar-refractivity contribution >= 4 is 11.9 Å². The molecule has 0 spiro atoms. The van der Waals surface area contributed by atoms with E-state index in [-0.39, 0.29) is 11.9 Å². The van der Waals surface area contributed by atoms with Crippen molar-refractivity contribution < 1.29 is 4.79 Å². The van der Waals surface area contributed by atoms with Crippen LogP contribution in [0.25, 0.3) is 0 Å². The molecule has 1 fully saturated rings. The van der Waals surface area contributed by atoms with Crippen LogP contribution in [0.15, 0.2) is 11.1 Å². The van der Waals surface area contributed by atoms with E-state index in [1.54, 1.807) is 0 Å². The molecule has 2 heterocycles. The van der Waals surface area contributed by atoms with Gasteiger partial charge in [0.1, 0.15) is 0 Å². The lowest BCUT2D eigenvalue weighted by atomic mass is 10.3. The third-order valence-corrected chi connectivity index (χ3v) is 4.43. The molecule has 0 radical (unpaired) electrons. The Bertz CT molecular complexity index is 594. The second-order valence-electron chi connectivity index (χ2n) is 6.59. The van der Waals surface area contributed by atoms with Crippen LogP contribution in [-0.2, 0) is 11.3 Å². The van der Waals surface area contributed by atoms with Crippen molar-refractivity contribution in [2.45, 2.75) is 59.5 Å². The molecule has 1 aliphatic heterocycles. The summed E-state index contributed by atoms with van der Waals surface area (Å²) in [6.07, 6.45) is 2.50. The number of hydrogen-bond acceptors (Lipinski definition) is 3. The Labute approximate surface area is 150 Å². The van der Waals surface area contributed by atoms with Gasteiger partial charge < -0.3 is 15.5 Å². The van der Waals surface area contributed by atoms with E-state index in [2.05, 4.69) is 40.6 Å². The second-order valence-corrected chi connectivity index (χ2v) is 6.59. The van der Waals surface area contributed by atoms with Gasteiger partial charge in [0.15, 0.2) is 5.96 Å². The molecule has 7 heteroatoms. The minimum Gasteiger partial charge on any atom is -0.357 e. The quantitative estimate of drug-likeness (QED) is 0.444. The number of hydrogen-bond donors (Lipinski definition) is 2. The van der Waals surface area contributed by atoms with E-state index in [0.717, 1.165) is 57.2 Å². The molecule has 0 aromatic carbocycles. The maximum Gasteiger partial charge on any atom is 0.222 e. The molecule has 1 amide bonds. The molecule has 1 unspecified atom stereocenters. The lowest BCUT2D eigenvalue weighted by Gasteiger charge is -2.18. The van der Waals surface area contributed by atoms with Crippen LogP contribution in [0.2, 0.25) is 0 Å². The molecule has 0 bridgehead atoms. The van der Waals surface area contributed by atoms with E-state index in [0.29, 0.717) is 6.42 Å². The number of aliphatic imine (C=N–C) groups is 1. The van der Waals surface area contributed by atoms with Gasteiger partial charge in [-0.2, -0.15) is 5.10 Å². The number of aromatic nitrogens is 2. The Balaban J connectivity index is 1.80. The van der Waals surface area contributed by atoms with Crippen molar-refractivity contribution in [2.75, 3.05) is 26.2 Å². The van der Waals surface area contributed by atoms with E-state index < -0.39 is 0 Å². The lowest BCUT2D eigenvalue weighted by molar-refractivity contribution is -0.129. The first-order valence-corrected chi connectivity index (χ1v) is 9.37. The first kappa shape index (κ1) is 19.3. The zero-order valence-electron chi connectivity index (χ0n) is 16.0. The second kappa shape index (κ2) is 9.44. The summed E-state index contributed by atoms with van der Waals surface area (Å²) in [6, 6.07) is 2.38. The van der Waals surface area contributed by atoms with Gasteiger partial charge in [0, 0.05) is 50.9 Å². The highest BCUT2D eigenvalue weighted by Crippen LogP contribution is 2.10. The molecule has 1 saturated heterocycles. The summed E-state index contributed by atoms with van der Waals surface area (Å²) in [5.74, 6) is 1.07. The Morgan fingerprint density at radius 2 is 2.20 bits per heavy atom. The third kappa shape index (κ3) is 5.76. The molecule has 1 atom stereocenters. The molecule has 0 aliphatic carbocycles. The Morgan fingerprint density at radius 1 is 1.40 bits per heavy atom. The van der Waals surface area contributed by atoms with E-state index in [9.17, 15) is 4.79 Å². The van der Waals surface area contributed by atoms with Crippen LogP contribution in [0, 0.1) is 13.8 Å². The molecular weight excluding hydrogens is 316 g/mol. The van der Waals surface area contributed by atoms with Crippen LogP contribution in [0.1, 0.15) is 44.5 Å². The summed E-state index contributed by atoms with van der Waals surface area (Å²) >= 11 is 0. The van der Waals surface area contributed by atoms with Crippen molar-refractivity contribution in [2.24, 2.45) is 4.99 Å². The summed E-state index contributed by atoms with van der Waals surface area (Å²) in [6.45, 7) is 12.1. The van der Waals surface area contributed by atoms with Gasteiger partial charge in [0.05, 0.1) is 5.69 Å². The minimum atomic E-state index is 0.233. The number of amides is 1.